The van der Waals surface area contributed by atoms with Crippen molar-refractivity contribution in [2.24, 2.45) is 11.3 Å². The summed E-state index contributed by atoms with van der Waals surface area (Å²) in [4.78, 5) is 11.0. The quantitative estimate of drug-likeness (QED) is 0.595. The summed E-state index contributed by atoms with van der Waals surface area (Å²) < 4.78 is 0. The standard InChI is InChI=1S/C7H9NO.C5H11Cl/c9-6-5-4-1-2-7(5,6)3-8-4;1-2-3-4-5-6/h4-5,8H,1-3H2;2-5H2,1H3. The predicted molar refractivity (Wildman–Crippen MR) is 62.2 cm³/mol. The summed E-state index contributed by atoms with van der Waals surface area (Å²) in [5, 5.41) is 3.36. The van der Waals surface area contributed by atoms with Gasteiger partial charge < -0.3 is 5.32 Å². The Hall–Kier alpha value is -0.0800. The first-order valence-corrected chi connectivity index (χ1v) is 6.63. The summed E-state index contributed by atoms with van der Waals surface area (Å²) in [5.41, 5.74) is 0.185. The minimum atomic E-state index is 0.185. The minimum absolute atomic E-state index is 0.185. The number of halogens is 1. The molecular formula is C12H20ClNO. The van der Waals surface area contributed by atoms with Gasteiger partial charge in [-0.1, -0.05) is 19.8 Å². The lowest BCUT2D eigenvalue weighted by Gasteiger charge is -2.16. The van der Waals surface area contributed by atoms with E-state index in [1.807, 2.05) is 0 Å². The molecule has 0 aromatic heterocycles. The second kappa shape index (κ2) is 4.42. The summed E-state index contributed by atoms with van der Waals surface area (Å²) in [6, 6.07) is 0.581. The average Bonchev–Trinajstić information content (AvgIpc) is 2.67. The zero-order valence-corrected chi connectivity index (χ0v) is 10.1. The highest BCUT2D eigenvalue weighted by Crippen LogP contribution is 2.62. The second-order valence-corrected chi connectivity index (χ2v) is 5.30. The van der Waals surface area contributed by atoms with Crippen LogP contribution in [0.5, 0.6) is 0 Å². The summed E-state index contributed by atoms with van der Waals surface area (Å²) in [6.07, 6.45) is 6.15. The fraction of sp³-hybridized carbons (Fsp3) is 0.917. The van der Waals surface area contributed by atoms with Crippen LogP contribution in [0.15, 0.2) is 0 Å². The van der Waals surface area contributed by atoms with Crippen LogP contribution < -0.4 is 5.32 Å². The Morgan fingerprint density at radius 2 is 2.33 bits per heavy atom. The summed E-state index contributed by atoms with van der Waals surface area (Å²) in [6.45, 7) is 3.16. The van der Waals surface area contributed by atoms with Crippen molar-refractivity contribution in [2.75, 3.05) is 12.4 Å². The maximum Gasteiger partial charge on any atom is 0.146 e. The van der Waals surface area contributed by atoms with Gasteiger partial charge in [-0.05, 0) is 19.3 Å². The summed E-state index contributed by atoms with van der Waals surface area (Å²) in [5.74, 6) is 1.84. The SMILES string of the molecule is CCCCCCl.O=C1C2C3CCC12CN3. The first-order chi connectivity index (χ1) is 7.26. The number of nitrogens with one attached hydrogen (secondary N) is 1. The number of Topliss-reactive ketones (excluding diaryl/α,β-unsaturated/α-hetero) is 1. The molecule has 1 aliphatic heterocycles. The van der Waals surface area contributed by atoms with Gasteiger partial charge in [0.25, 0.3) is 0 Å². The third-order valence-electron chi connectivity index (χ3n) is 4.01. The normalized spacial score (nSPS) is 39.7. The smallest absolute Gasteiger partial charge is 0.146 e. The Morgan fingerprint density at radius 3 is 2.53 bits per heavy atom. The van der Waals surface area contributed by atoms with Crippen LogP contribution in [0.2, 0.25) is 0 Å². The number of piperidine rings is 2. The molecule has 0 aromatic carbocycles. The molecule has 3 fully saturated rings. The third kappa shape index (κ3) is 1.83. The average molecular weight is 230 g/mol. The number of hydrogen-bond acceptors (Lipinski definition) is 2. The van der Waals surface area contributed by atoms with Crippen LogP contribution in [0.1, 0.15) is 39.0 Å². The molecule has 1 saturated heterocycles. The van der Waals surface area contributed by atoms with E-state index in [1.54, 1.807) is 0 Å². The van der Waals surface area contributed by atoms with E-state index in [0.29, 0.717) is 17.7 Å². The highest BCUT2D eigenvalue weighted by atomic mass is 35.5. The predicted octanol–water partition coefficient (Wildman–Crippen LogP) is 2.35. The lowest BCUT2D eigenvalue weighted by atomic mass is 10.0. The van der Waals surface area contributed by atoms with Gasteiger partial charge in [0, 0.05) is 24.4 Å². The van der Waals surface area contributed by atoms with Gasteiger partial charge in [0.15, 0.2) is 0 Å². The zero-order chi connectivity index (χ0) is 10.9. The number of carbonyl (C=O) groups excluding carboxylic acids is 1. The van der Waals surface area contributed by atoms with Crippen LogP contribution in [-0.2, 0) is 4.79 Å². The molecule has 0 spiro atoms. The van der Waals surface area contributed by atoms with Gasteiger partial charge in [0.1, 0.15) is 5.78 Å². The monoisotopic (exact) mass is 229 g/mol. The number of carbonyl (C=O) groups is 1. The fourth-order valence-electron chi connectivity index (χ4n) is 3.00. The van der Waals surface area contributed by atoms with Crippen LogP contribution in [-0.4, -0.2) is 24.2 Å². The Bertz CT molecular complexity index is 242. The van der Waals surface area contributed by atoms with Gasteiger partial charge in [0.2, 0.25) is 0 Å². The zero-order valence-electron chi connectivity index (χ0n) is 9.39. The molecule has 2 nitrogen and oxygen atoms in total. The molecule has 3 aliphatic rings. The molecule has 86 valence electrons. The van der Waals surface area contributed by atoms with Crippen molar-refractivity contribution in [3.05, 3.63) is 0 Å². The van der Waals surface area contributed by atoms with Crippen molar-refractivity contribution >= 4 is 17.4 Å². The van der Waals surface area contributed by atoms with Gasteiger partial charge in [-0.2, -0.15) is 0 Å². The van der Waals surface area contributed by atoms with E-state index in [9.17, 15) is 4.79 Å². The van der Waals surface area contributed by atoms with Crippen LogP contribution in [0.25, 0.3) is 0 Å². The van der Waals surface area contributed by atoms with E-state index in [1.165, 1.54) is 32.1 Å². The minimum Gasteiger partial charge on any atom is -0.312 e. The molecular weight excluding hydrogens is 210 g/mol. The molecule has 0 amide bonds. The molecule has 2 aliphatic carbocycles. The molecule has 0 radical (unpaired) electrons. The molecule has 3 heteroatoms. The van der Waals surface area contributed by atoms with Crippen LogP contribution in [0.3, 0.4) is 0 Å². The van der Waals surface area contributed by atoms with Gasteiger partial charge in [-0.25, -0.2) is 0 Å². The Labute approximate surface area is 96.8 Å². The van der Waals surface area contributed by atoms with Crippen molar-refractivity contribution in [1.29, 1.82) is 0 Å². The molecule has 1 heterocycles. The van der Waals surface area contributed by atoms with Crippen molar-refractivity contribution in [2.45, 2.75) is 45.1 Å². The van der Waals surface area contributed by atoms with E-state index in [2.05, 4.69) is 12.2 Å². The molecule has 3 rings (SSSR count). The van der Waals surface area contributed by atoms with Gasteiger partial charge in [-0.3, -0.25) is 4.79 Å². The number of hydrogen-bond donors (Lipinski definition) is 1. The van der Waals surface area contributed by atoms with Crippen LogP contribution in [0.4, 0.5) is 0 Å². The van der Waals surface area contributed by atoms with Crippen LogP contribution in [0, 0.1) is 11.3 Å². The lowest BCUT2D eigenvalue weighted by molar-refractivity contribution is -0.115. The highest BCUT2D eigenvalue weighted by Gasteiger charge is 2.74. The van der Waals surface area contributed by atoms with Crippen molar-refractivity contribution in [3.8, 4) is 0 Å². The van der Waals surface area contributed by atoms with E-state index in [0.717, 1.165) is 12.4 Å². The van der Waals surface area contributed by atoms with E-state index >= 15 is 0 Å². The lowest BCUT2D eigenvalue weighted by Crippen LogP contribution is -2.33. The van der Waals surface area contributed by atoms with E-state index in [-0.39, 0.29) is 5.41 Å². The Kier molecular flexibility index (Phi) is 3.36. The molecule has 1 N–H and O–H groups in total. The van der Waals surface area contributed by atoms with E-state index < -0.39 is 0 Å². The Morgan fingerprint density at radius 1 is 1.53 bits per heavy atom. The first kappa shape index (κ1) is 11.4. The van der Waals surface area contributed by atoms with Gasteiger partial charge >= 0.3 is 0 Å². The maximum absolute atomic E-state index is 11.0. The summed E-state index contributed by atoms with van der Waals surface area (Å²) in [7, 11) is 0. The number of alkyl halides is 1. The first-order valence-electron chi connectivity index (χ1n) is 6.10. The molecule has 0 aromatic rings. The highest BCUT2D eigenvalue weighted by molar-refractivity contribution is 6.17. The molecule has 2 saturated carbocycles. The maximum atomic E-state index is 11.0. The molecule has 3 unspecified atom stereocenters. The van der Waals surface area contributed by atoms with Gasteiger partial charge in [-0.15, -0.1) is 11.6 Å². The molecule has 15 heavy (non-hydrogen) atoms. The molecule has 2 bridgehead atoms. The second-order valence-electron chi connectivity index (χ2n) is 4.92. The third-order valence-corrected chi connectivity index (χ3v) is 4.27. The largest absolute Gasteiger partial charge is 0.312 e. The topological polar surface area (TPSA) is 29.1 Å². The van der Waals surface area contributed by atoms with Crippen molar-refractivity contribution in [3.63, 3.8) is 0 Å². The van der Waals surface area contributed by atoms with E-state index in [4.69, 9.17) is 11.6 Å². The number of ketones is 1. The van der Waals surface area contributed by atoms with Crippen molar-refractivity contribution in [1.82, 2.24) is 5.32 Å². The van der Waals surface area contributed by atoms with Crippen molar-refractivity contribution < 1.29 is 4.79 Å². The van der Waals surface area contributed by atoms with Crippen LogP contribution >= 0.6 is 11.6 Å². The molecule has 3 atom stereocenters. The Balaban J connectivity index is 0.000000127. The summed E-state index contributed by atoms with van der Waals surface area (Å²) >= 11 is 5.38. The number of rotatable bonds is 3. The fourth-order valence-corrected chi connectivity index (χ4v) is 3.19. The number of unbranched alkanes of at least 4 members (excludes halogenated alkanes) is 2. The van der Waals surface area contributed by atoms with Gasteiger partial charge in [0.05, 0.1) is 5.41 Å².